The molecule has 36 heavy (non-hydrogen) atoms. The lowest BCUT2D eigenvalue weighted by Gasteiger charge is -2.38. The van der Waals surface area contributed by atoms with E-state index in [0.717, 1.165) is 25.9 Å². The van der Waals surface area contributed by atoms with Crippen LogP contribution in [0.3, 0.4) is 0 Å². The molecule has 1 aliphatic rings. The van der Waals surface area contributed by atoms with Crippen molar-refractivity contribution >= 4 is 22.8 Å². The Morgan fingerprint density at radius 2 is 0.667 bits per heavy atom. The lowest BCUT2D eigenvalue weighted by Crippen LogP contribution is -2.33. The molecule has 2 nitrogen and oxygen atoms in total. The van der Waals surface area contributed by atoms with Gasteiger partial charge in [-0.1, -0.05) is 95.1 Å². The van der Waals surface area contributed by atoms with Crippen molar-refractivity contribution in [2.75, 3.05) is 22.9 Å². The summed E-state index contributed by atoms with van der Waals surface area (Å²) in [5.74, 6) is 0. The van der Waals surface area contributed by atoms with Crippen LogP contribution in [0.2, 0.25) is 0 Å². The summed E-state index contributed by atoms with van der Waals surface area (Å²) < 4.78 is 0. The number of nitrogens with zero attached hydrogens (tertiary/aromatic N) is 2. The maximum Gasteiger partial charge on any atom is 0.0731 e. The van der Waals surface area contributed by atoms with E-state index in [1.807, 2.05) is 0 Å². The Balaban J connectivity index is 1.83. The minimum absolute atomic E-state index is 0.989. The highest BCUT2D eigenvalue weighted by atomic mass is 15.2. The predicted molar refractivity (Wildman–Crippen MR) is 155 cm³/mol. The van der Waals surface area contributed by atoms with Gasteiger partial charge in [0.1, 0.15) is 0 Å². The van der Waals surface area contributed by atoms with Crippen LogP contribution < -0.4 is 9.80 Å². The van der Waals surface area contributed by atoms with Crippen LogP contribution >= 0.6 is 0 Å². The van der Waals surface area contributed by atoms with Crippen LogP contribution in [0.25, 0.3) is 11.4 Å². The van der Waals surface area contributed by atoms with Crippen molar-refractivity contribution in [2.45, 2.75) is 40.5 Å². The second-order valence-electron chi connectivity index (χ2n) is 10.1. The lowest BCUT2D eigenvalue weighted by atomic mass is 9.97. The molecular formula is C34H36N2. The first-order valence-corrected chi connectivity index (χ1v) is 13.1. The van der Waals surface area contributed by atoms with Crippen LogP contribution in [0.4, 0.5) is 11.4 Å². The van der Waals surface area contributed by atoms with Crippen molar-refractivity contribution in [3.63, 3.8) is 0 Å². The summed E-state index contributed by atoms with van der Waals surface area (Å²) in [5, 5.41) is 0. The molecule has 0 atom stereocenters. The molecule has 1 heterocycles. The molecule has 0 bridgehead atoms. The average Bonchev–Trinajstić information content (AvgIpc) is 2.87. The van der Waals surface area contributed by atoms with E-state index in [-0.39, 0.29) is 0 Å². The van der Waals surface area contributed by atoms with Crippen LogP contribution in [0.5, 0.6) is 0 Å². The molecule has 0 saturated heterocycles. The summed E-state index contributed by atoms with van der Waals surface area (Å²) in [6.45, 7) is 10.6. The molecule has 5 rings (SSSR count). The standard InChI is InChI=1S/C34H36N2/c1-25-7-15-29(16-8-25)33-34(30-17-9-26(2)10-18-30)36(32-21-13-28(4)14-22-32)24-6-5-23-35(33)31-19-11-27(3)12-20-31/h7-22H,5-6,23-24H2,1-4H3/b34-33+. The van der Waals surface area contributed by atoms with Gasteiger partial charge in [-0.05, 0) is 64.8 Å². The van der Waals surface area contributed by atoms with Gasteiger partial charge in [0.2, 0.25) is 0 Å². The van der Waals surface area contributed by atoms with Gasteiger partial charge < -0.3 is 9.80 Å². The Morgan fingerprint density at radius 3 is 0.972 bits per heavy atom. The Hall–Kier alpha value is -3.78. The number of hydrogen-bond acceptors (Lipinski definition) is 2. The van der Waals surface area contributed by atoms with Crippen molar-refractivity contribution in [1.29, 1.82) is 0 Å². The monoisotopic (exact) mass is 472 g/mol. The maximum absolute atomic E-state index is 2.54. The third-order valence-corrected chi connectivity index (χ3v) is 7.12. The van der Waals surface area contributed by atoms with Crippen LogP contribution in [0.15, 0.2) is 97.1 Å². The first-order valence-electron chi connectivity index (χ1n) is 13.1. The van der Waals surface area contributed by atoms with E-state index in [1.54, 1.807) is 0 Å². The van der Waals surface area contributed by atoms with E-state index in [4.69, 9.17) is 0 Å². The molecule has 0 spiro atoms. The molecule has 2 heteroatoms. The zero-order valence-corrected chi connectivity index (χ0v) is 22.0. The molecule has 0 fully saturated rings. The summed E-state index contributed by atoms with van der Waals surface area (Å²) in [6, 6.07) is 36.1. The van der Waals surface area contributed by atoms with Crippen LogP contribution in [0.1, 0.15) is 46.2 Å². The van der Waals surface area contributed by atoms with Gasteiger partial charge in [0, 0.05) is 35.6 Å². The number of aryl methyl sites for hydroxylation is 4. The SMILES string of the molecule is Cc1ccc(/C2=C(/c3ccc(C)cc3)N(c3ccc(C)cc3)CCCCN2c2ccc(C)cc2)cc1. The normalized spacial score (nSPS) is 16.6. The van der Waals surface area contributed by atoms with Crippen molar-refractivity contribution in [3.05, 3.63) is 130 Å². The third kappa shape index (κ3) is 5.09. The zero-order valence-electron chi connectivity index (χ0n) is 22.0. The van der Waals surface area contributed by atoms with E-state index >= 15 is 0 Å². The predicted octanol–water partition coefficient (Wildman–Crippen LogP) is 8.55. The Kier molecular flexibility index (Phi) is 6.95. The summed E-state index contributed by atoms with van der Waals surface area (Å²) >= 11 is 0. The van der Waals surface area contributed by atoms with E-state index < -0.39 is 0 Å². The number of hydrogen-bond donors (Lipinski definition) is 0. The molecule has 0 saturated carbocycles. The smallest absolute Gasteiger partial charge is 0.0731 e. The van der Waals surface area contributed by atoms with Crippen LogP contribution in [-0.2, 0) is 0 Å². The molecular weight excluding hydrogens is 436 g/mol. The second kappa shape index (κ2) is 10.5. The summed E-state index contributed by atoms with van der Waals surface area (Å²) in [7, 11) is 0. The Labute approximate surface area is 216 Å². The highest BCUT2D eigenvalue weighted by Crippen LogP contribution is 2.39. The number of rotatable bonds is 4. The number of anilines is 2. The molecule has 4 aromatic carbocycles. The number of benzene rings is 4. The fraction of sp³-hybridized carbons (Fsp3) is 0.235. The van der Waals surface area contributed by atoms with Crippen molar-refractivity contribution in [3.8, 4) is 0 Å². The first kappa shape index (κ1) is 23.9. The molecule has 0 aliphatic carbocycles. The first-order chi connectivity index (χ1) is 17.5. The van der Waals surface area contributed by atoms with Gasteiger partial charge in [0.15, 0.2) is 0 Å². The zero-order chi connectivity index (χ0) is 25.1. The van der Waals surface area contributed by atoms with Crippen molar-refractivity contribution < 1.29 is 0 Å². The van der Waals surface area contributed by atoms with E-state index in [0.29, 0.717) is 0 Å². The summed E-state index contributed by atoms with van der Waals surface area (Å²) in [6.07, 6.45) is 2.26. The van der Waals surface area contributed by atoms with Gasteiger partial charge in [-0.25, -0.2) is 0 Å². The molecule has 0 unspecified atom stereocenters. The van der Waals surface area contributed by atoms with Crippen LogP contribution in [0, 0.1) is 27.7 Å². The molecule has 1 aliphatic heterocycles. The van der Waals surface area contributed by atoms with Gasteiger partial charge in [0.25, 0.3) is 0 Å². The van der Waals surface area contributed by atoms with E-state index in [9.17, 15) is 0 Å². The minimum atomic E-state index is 0.989. The highest BCUT2D eigenvalue weighted by molar-refractivity contribution is 6.02. The molecule has 0 aromatic heterocycles. The second-order valence-corrected chi connectivity index (χ2v) is 10.1. The Morgan fingerprint density at radius 1 is 0.389 bits per heavy atom. The minimum Gasteiger partial charge on any atom is -0.339 e. The highest BCUT2D eigenvalue weighted by Gasteiger charge is 2.27. The molecule has 4 aromatic rings. The average molecular weight is 473 g/mol. The van der Waals surface area contributed by atoms with Gasteiger partial charge >= 0.3 is 0 Å². The van der Waals surface area contributed by atoms with Gasteiger partial charge in [-0.3, -0.25) is 0 Å². The quantitative estimate of drug-likeness (QED) is 0.293. The fourth-order valence-electron chi connectivity index (χ4n) is 4.99. The lowest BCUT2D eigenvalue weighted by molar-refractivity contribution is 0.721. The Bertz CT molecular complexity index is 1220. The third-order valence-electron chi connectivity index (χ3n) is 7.12. The topological polar surface area (TPSA) is 6.48 Å². The van der Waals surface area contributed by atoms with Gasteiger partial charge in [-0.15, -0.1) is 0 Å². The fourth-order valence-corrected chi connectivity index (χ4v) is 4.99. The maximum atomic E-state index is 2.54. The summed E-state index contributed by atoms with van der Waals surface area (Å²) in [5.41, 5.74) is 12.6. The van der Waals surface area contributed by atoms with Gasteiger partial charge in [-0.2, -0.15) is 0 Å². The molecule has 0 amide bonds. The van der Waals surface area contributed by atoms with E-state index in [2.05, 4.69) is 135 Å². The van der Waals surface area contributed by atoms with Crippen molar-refractivity contribution in [1.82, 2.24) is 0 Å². The van der Waals surface area contributed by atoms with Crippen LogP contribution in [-0.4, -0.2) is 13.1 Å². The largest absolute Gasteiger partial charge is 0.339 e. The summed E-state index contributed by atoms with van der Waals surface area (Å²) in [4.78, 5) is 5.08. The molecule has 182 valence electrons. The van der Waals surface area contributed by atoms with Crippen molar-refractivity contribution in [2.24, 2.45) is 0 Å². The molecule has 0 N–H and O–H groups in total. The molecule has 0 radical (unpaired) electrons. The van der Waals surface area contributed by atoms with E-state index in [1.165, 1.54) is 56.1 Å². The van der Waals surface area contributed by atoms with Gasteiger partial charge in [0.05, 0.1) is 11.4 Å².